The van der Waals surface area contributed by atoms with Gasteiger partial charge in [-0.25, -0.2) is 9.97 Å². The Morgan fingerprint density at radius 1 is 1.50 bits per heavy atom. The SMILES string of the molecule is c1nc(OCC2CCNC2)c2sccc2n1. The molecule has 1 unspecified atom stereocenters. The number of hydrogen-bond donors (Lipinski definition) is 1. The lowest BCUT2D eigenvalue weighted by molar-refractivity contribution is 0.254. The molecule has 1 saturated heterocycles. The molecule has 3 rings (SSSR count). The second-order valence-electron chi connectivity index (χ2n) is 3.98. The third-order valence-corrected chi connectivity index (χ3v) is 3.72. The van der Waals surface area contributed by atoms with E-state index in [-0.39, 0.29) is 0 Å². The number of hydrogen-bond acceptors (Lipinski definition) is 5. The Kier molecular flexibility index (Phi) is 2.71. The van der Waals surface area contributed by atoms with Gasteiger partial charge in [0.15, 0.2) is 0 Å². The minimum Gasteiger partial charge on any atom is -0.476 e. The Morgan fingerprint density at radius 2 is 2.50 bits per heavy atom. The van der Waals surface area contributed by atoms with Crippen LogP contribution in [0.2, 0.25) is 0 Å². The van der Waals surface area contributed by atoms with Crippen molar-refractivity contribution >= 4 is 21.6 Å². The molecule has 0 amide bonds. The maximum absolute atomic E-state index is 5.78. The number of nitrogens with one attached hydrogen (secondary N) is 1. The molecule has 0 saturated carbocycles. The second-order valence-corrected chi connectivity index (χ2v) is 4.90. The van der Waals surface area contributed by atoms with Crippen LogP contribution in [0, 0.1) is 5.92 Å². The third kappa shape index (κ3) is 1.88. The monoisotopic (exact) mass is 235 g/mol. The lowest BCUT2D eigenvalue weighted by atomic mass is 10.1. The molecule has 0 bridgehead atoms. The van der Waals surface area contributed by atoms with Gasteiger partial charge in [0.1, 0.15) is 11.0 Å². The summed E-state index contributed by atoms with van der Waals surface area (Å²) in [6, 6.07) is 1.99. The van der Waals surface area contributed by atoms with Crippen LogP contribution in [-0.2, 0) is 0 Å². The van der Waals surface area contributed by atoms with Gasteiger partial charge in [-0.2, -0.15) is 0 Å². The first kappa shape index (κ1) is 9.99. The van der Waals surface area contributed by atoms with Crippen LogP contribution in [0.1, 0.15) is 6.42 Å². The van der Waals surface area contributed by atoms with E-state index >= 15 is 0 Å². The molecule has 0 radical (unpaired) electrons. The highest BCUT2D eigenvalue weighted by Crippen LogP contribution is 2.27. The van der Waals surface area contributed by atoms with E-state index < -0.39 is 0 Å². The maximum atomic E-state index is 5.78. The molecule has 0 aromatic carbocycles. The normalized spacial score (nSPS) is 20.4. The summed E-state index contributed by atoms with van der Waals surface area (Å²) in [5, 5.41) is 5.35. The maximum Gasteiger partial charge on any atom is 0.234 e. The molecule has 4 nitrogen and oxygen atoms in total. The van der Waals surface area contributed by atoms with Gasteiger partial charge in [0, 0.05) is 12.5 Å². The molecule has 16 heavy (non-hydrogen) atoms. The minimum absolute atomic E-state index is 0.616. The zero-order chi connectivity index (χ0) is 10.8. The van der Waals surface area contributed by atoms with Crippen LogP contribution in [0.3, 0.4) is 0 Å². The molecule has 2 aromatic rings. The fourth-order valence-corrected chi connectivity index (χ4v) is 2.71. The first-order valence-corrected chi connectivity index (χ1v) is 6.33. The summed E-state index contributed by atoms with van der Waals surface area (Å²) in [4.78, 5) is 8.39. The number of thiophene rings is 1. The minimum atomic E-state index is 0.616. The Bertz CT molecular complexity index is 479. The molecular weight excluding hydrogens is 222 g/mol. The summed E-state index contributed by atoms with van der Waals surface area (Å²) in [7, 11) is 0. The molecule has 1 fully saturated rings. The van der Waals surface area contributed by atoms with Gasteiger partial charge in [-0.05, 0) is 24.4 Å². The highest BCUT2D eigenvalue weighted by atomic mass is 32.1. The van der Waals surface area contributed by atoms with Crippen LogP contribution in [0.15, 0.2) is 17.8 Å². The molecule has 2 aromatic heterocycles. The van der Waals surface area contributed by atoms with E-state index in [0.29, 0.717) is 5.92 Å². The third-order valence-electron chi connectivity index (χ3n) is 2.83. The fourth-order valence-electron chi connectivity index (χ4n) is 1.92. The fraction of sp³-hybridized carbons (Fsp3) is 0.455. The predicted octanol–water partition coefficient (Wildman–Crippen LogP) is 1.68. The average Bonchev–Trinajstić information content (AvgIpc) is 2.97. The van der Waals surface area contributed by atoms with Gasteiger partial charge in [-0.15, -0.1) is 11.3 Å². The van der Waals surface area contributed by atoms with Crippen LogP contribution in [0.4, 0.5) is 0 Å². The number of fused-ring (bicyclic) bond motifs is 1. The van der Waals surface area contributed by atoms with Gasteiger partial charge in [0.25, 0.3) is 0 Å². The highest BCUT2D eigenvalue weighted by Gasteiger charge is 2.16. The standard InChI is InChI=1S/C11H13N3OS/c1-3-12-5-8(1)6-15-11-10-9(2-4-16-10)13-7-14-11/h2,4,7-8,12H,1,3,5-6H2. The summed E-state index contributed by atoms with van der Waals surface area (Å²) in [6.45, 7) is 2.90. The smallest absolute Gasteiger partial charge is 0.234 e. The summed E-state index contributed by atoms with van der Waals surface area (Å²) in [5.41, 5.74) is 0.972. The highest BCUT2D eigenvalue weighted by molar-refractivity contribution is 7.17. The van der Waals surface area contributed by atoms with E-state index in [1.54, 1.807) is 17.7 Å². The van der Waals surface area contributed by atoms with Crippen LogP contribution in [0.5, 0.6) is 5.88 Å². The predicted molar refractivity (Wildman–Crippen MR) is 63.9 cm³/mol. The van der Waals surface area contributed by atoms with Gasteiger partial charge in [0.2, 0.25) is 5.88 Å². The van der Waals surface area contributed by atoms with Crippen molar-refractivity contribution in [3.63, 3.8) is 0 Å². The van der Waals surface area contributed by atoms with Gasteiger partial charge < -0.3 is 10.1 Å². The van der Waals surface area contributed by atoms with E-state index in [1.807, 2.05) is 11.4 Å². The van der Waals surface area contributed by atoms with Crippen LogP contribution < -0.4 is 10.1 Å². The van der Waals surface area contributed by atoms with Crippen LogP contribution in [-0.4, -0.2) is 29.7 Å². The van der Waals surface area contributed by atoms with Crippen molar-refractivity contribution in [3.05, 3.63) is 17.8 Å². The first-order valence-electron chi connectivity index (χ1n) is 5.45. The van der Waals surface area contributed by atoms with Crippen molar-refractivity contribution in [3.8, 4) is 5.88 Å². The number of rotatable bonds is 3. The summed E-state index contributed by atoms with van der Waals surface area (Å²) in [5.74, 6) is 1.34. The Morgan fingerprint density at radius 3 is 3.38 bits per heavy atom. The van der Waals surface area contributed by atoms with Crippen molar-refractivity contribution in [2.75, 3.05) is 19.7 Å². The van der Waals surface area contributed by atoms with Crippen molar-refractivity contribution in [2.24, 2.45) is 5.92 Å². The molecule has 1 aliphatic heterocycles. The lowest BCUT2D eigenvalue weighted by Crippen LogP contribution is -2.15. The quantitative estimate of drug-likeness (QED) is 0.879. The molecule has 3 heterocycles. The largest absolute Gasteiger partial charge is 0.476 e. The van der Waals surface area contributed by atoms with Crippen LogP contribution in [0.25, 0.3) is 10.2 Å². The average molecular weight is 235 g/mol. The van der Waals surface area contributed by atoms with Crippen molar-refractivity contribution in [1.29, 1.82) is 0 Å². The van der Waals surface area contributed by atoms with E-state index in [2.05, 4.69) is 15.3 Å². The molecule has 84 valence electrons. The van der Waals surface area contributed by atoms with Crippen molar-refractivity contribution in [2.45, 2.75) is 6.42 Å². The molecule has 1 atom stereocenters. The Balaban J connectivity index is 1.75. The van der Waals surface area contributed by atoms with Gasteiger partial charge in [-0.3, -0.25) is 0 Å². The van der Waals surface area contributed by atoms with Crippen LogP contribution >= 0.6 is 11.3 Å². The summed E-state index contributed by atoms with van der Waals surface area (Å²) >= 11 is 1.63. The molecular formula is C11H13N3OS. The number of aromatic nitrogens is 2. The summed E-state index contributed by atoms with van der Waals surface area (Å²) in [6.07, 6.45) is 2.76. The summed E-state index contributed by atoms with van der Waals surface area (Å²) < 4.78 is 6.83. The van der Waals surface area contributed by atoms with E-state index in [0.717, 1.165) is 35.8 Å². The zero-order valence-corrected chi connectivity index (χ0v) is 9.67. The molecule has 5 heteroatoms. The number of nitrogens with zero attached hydrogens (tertiary/aromatic N) is 2. The first-order chi connectivity index (χ1) is 7.93. The lowest BCUT2D eigenvalue weighted by Gasteiger charge is -2.09. The second kappa shape index (κ2) is 4.35. The zero-order valence-electron chi connectivity index (χ0n) is 8.85. The van der Waals surface area contributed by atoms with E-state index in [4.69, 9.17) is 4.74 Å². The topological polar surface area (TPSA) is 47.0 Å². The van der Waals surface area contributed by atoms with Crippen molar-refractivity contribution in [1.82, 2.24) is 15.3 Å². The number of ether oxygens (including phenoxy) is 1. The Labute approximate surface area is 97.7 Å². The van der Waals surface area contributed by atoms with Gasteiger partial charge >= 0.3 is 0 Å². The van der Waals surface area contributed by atoms with E-state index in [1.165, 1.54) is 6.42 Å². The van der Waals surface area contributed by atoms with E-state index in [9.17, 15) is 0 Å². The van der Waals surface area contributed by atoms with Crippen molar-refractivity contribution < 1.29 is 4.74 Å². The van der Waals surface area contributed by atoms with Gasteiger partial charge in [0.05, 0.1) is 12.1 Å². The molecule has 0 aliphatic carbocycles. The molecule has 1 N–H and O–H groups in total. The van der Waals surface area contributed by atoms with Gasteiger partial charge in [-0.1, -0.05) is 0 Å². The molecule has 1 aliphatic rings. The molecule has 0 spiro atoms. The Hall–Kier alpha value is -1.20.